The highest BCUT2D eigenvalue weighted by Crippen LogP contribution is 2.27. The van der Waals surface area contributed by atoms with Crippen molar-refractivity contribution < 1.29 is 0 Å². The fraction of sp³-hybridized carbons (Fsp3) is 0.250. The lowest BCUT2D eigenvalue weighted by Crippen LogP contribution is -2.29. The second-order valence-electron chi connectivity index (χ2n) is 3.86. The normalized spacial score (nSPS) is 11.1. The van der Waals surface area contributed by atoms with E-state index in [1.54, 1.807) is 11.3 Å². The lowest BCUT2D eigenvalue weighted by atomic mass is 10.2. The molecule has 0 fully saturated rings. The van der Waals surface area contributed by atoms with E-state index in [2.05, 4.69) is 10.4 Å². The molecule has 2 rings (SSSR count). The van der Waals surface area contributed by atoms with Gasteiger partial charge in [-0.05, 0) is 17.7 Å². The van der Waals surface area contributed by atoms with Gasteiger partial charge in [-0.15, -0.1) is 11.3 Å². The lowest BCUT2D eigenvalue weighted by molar-refractivity contribution is 0.286. The molecule has 1 N–H and O–H groups in total. The van der Waals surface area contributed by atoms with Gasteiger partial charge in [0.2, 0.25) is 0 Å². The van der Waals surface area contributed by atoms with Crippen LogP contribution in [-0.2, 0) is 6.54 Å². The molecule has 3 nitrogen and oxygen atoms in total. The number of hydrogen-bond donors (Lipinski definition) is 1. The van der Waals surface area contributed by atoms with Gasteiger partial charge in [0.25, 0.3) is 0 Å². The second kappa shape index (κ2) is 5.60. The number of nitrogens with zero attached hydrogens (tertiary/aromatic N) is 2. The van der Waals surface area contributed by atoms with Gasteiger partial charge in [-0.3, -0.25) is 5.01 Å². The van der Waals surface area contributed by atoms with Crippen molar-refractivity contribution in [3.8, 4) is 10.4 Å². The zero-order chi connectivity index (χ0) is 12.3. The maximum absolute atomic E-state index is 5.97. The molecule has 1 aromatic heterocycles. The van der Waals surface area contributed by atoms with Crippen LogP contribution in [0.2, 0.25) is 5.02 Å². The van der Waals surface area contributed by atoms with Crippen LogP contribution in [0.15, 0.2) is 30.5 Å². The Kier molecular flexibility index (Phi) is 4.12. The van der Waals surface area contributed by atoms with E-state index in [1.807, 2.05) is 49.6 Å². The molecule has 0 saturated carbocycles. The maximum atomic E-state index is 5.97. The van der Waals surface area contributed by atoms with Gasteiger partial charge in [0.15, 0.2) is 0 Å². The van der Waals surface area contributed by atoms with E-state index in [0.717, 1.165) is 27.0 Å². The smallest absolute Gasteiger partial charge is 0.108 e. The molecule has 0 atom stereocenters. The molecule has 0 aliphatic heterocycles. The van der Waals surface area contributed by atoms with E-state index >= 15 is 0 Å². The van der Waals surface area contributed by atoms with Crippen LogP contribution in [0.3, 0.4) is 0 Å². The third kappa shape index (κ3) is 3.51. The molecule has 0 aliphatic carbocycles. The molecule has 0 saturated heterocycles. The molecule has 0 unspecified atom stereocenters. The number of nitrogens with one attached hydrogen (secondary N) is 1. The van der Waals surface area contributed by atoms with Gasteiger partial charge in [-0.1, -0.05) is 23.7 Å². The van der Waals surface area contributed by atoms with Crippen LogP contribution in [0.4, 0.5) is 0 Å². The van der Waals surface area contributed by atoms with Crippen molar-refractivity contribution >= 4 is 22.9 Å². The Morgan fingerprint density at radius 1 is 1.41 bits per heavy atom. The summed E-state index contributed by atoms with van der Waals surface area (Å²) in [6.45, 7) is 0.748. The van der Waals surface area contributed by atoms with Gasteiger partial charge in [0.05, 0.1) is 11.4 Å². The van der Waals surface area contributed by atoms with E-state index in [1.165, 1.54) is 0 Å². The largest absolute Gasteiger partial charge is 0.250 e. The molecule has 0 radical (unpaired) electrons. The number of halogens is 1. The number of thiazole rings is 1. The molecule has 0 bridgehead atoms. The quantitative estimate of drug-likeness (QED) is 0.863. The standard InChI is InChI=1S/C12H14ClN3S/c1-16(2)15-8-12-14-7-11(17-12)9-4-3-5-10(13)6-9/h3-7,15H,8H2,1-2H3. The van der Waals surface area contributed by atoms with E-state index in [4.69, 9.17) is 11.6 Å². The number of hydrazine groups is 1. The first-order valence-electron chi connectivity index (χ1n) is 5.26. The van der Waals surface area contributed by atoms with Crippen LogP contribution in [0.25, 0.3) is 10.4 Å². The van der Waals surface area contributed by atoms with E-state index in [9.17, 15) is 0 Å². The summed E-state index contributed by atoms with van der Waals surface area (Å²) in [5.41, 5.74) is 4.31. The summed E-state index contributed by atoms with van der Waals surface area (Å²) < 4.78 is 0. The van der Waals surface area contributed by atoms with Crippen LogP contribution in [0.1, 0.15) is 5.01 Å². The predicted molar refractivity (Wildman–Crippen MR) is 73.1 cm³/mol. The van der Waals surface area contributed by atoms with E-state index < -0.39 is 0 Å². The monoisotopic (exact) mass is 267 g/mol. The molecule has 0 amide bonds. The zero-order valence-corrected chi connectivity index (χ0v) is 11.3. The summed E-state index contributed by atoms with van der Waals surface area (Å²) in [6, 6.07) is 7.83. The summed E-state index contributed by atoms with van der Waals surface area (Å²) in [6.07, 6.45) is 1.89. The van der Waals surface area contributed by atoms with E-state index in [-0.39, 0.29) is 0 Å². The molecule has 1 heterocycles. The number of aromatic nitrogens is 1. The summed E-state index contributed by atoms with van der Waals surface area (Å²) in [7, 11) is 3.93. The molecule has 5 heteroatoms. The minimum Gasteiger partial charge on any atom is -0.250 e. The van der Waals surface area contributed by atoms with Gasteiger partial charge in [-0.2, -0.15) is 0 Å². The van der Waals surface area contributed by atoms with Crippen molar-refractivity contribution in [2.24, 2.45) is 0 Å². The Labute approximate surface area is 110 Å². The van der Waals surface area contributed by atoms with Crippen LogP contribution < -0.4 is 5.43 Å². The Morgan fingerprint density at radius 3 is 2.94 bits per heavy atom. The van der Waals surface area contributed by atoms with E-state index in [0.29, 0.717) is 0 Å². The van der Waals surface area contributed by atoms with Crippen LogP contribution in [0, 0.1) is 0 Å². The third-order valence-corrected chi connectivity index (χ3v) is 3.49. The minimum atomic E-state index is 0.748. The van der Waals surface area contributed by atoms with Gasteiger partial charge < -0.3 is 0 Å². The third-order valence-electron chi connectivity index (χ3n) is 2.21. The highest BCUT2D eigenvalue weighted by atomic mass is 35.5. The highest BCUT2D eigenvalue weighted by molar-refractivity contribution is 7.15. The number of rotatable bonds is 4. The fourth-order valence-electron chi connectivity index (χ4n) is 1.39. The minimum absolute atomic E-state index is 0.748. The molecule has 90 valence electrons. The first-order valence-corrected chi connectivity index (χ1v) is 6.46. The summed E-state index contributed by atoms with van der Waals surface area (Å²) in [5, 5.41) is 3.73. The predicted octanol–water partition coefficient (Wildman–Crippen LogP) is 3.03. The zero-order valence-electron chi connectivity index (χ0n) is 9.77. The molecule has 17 heavy (non-hydrogen) atoms. The molecule has 1 aromatic carbocycles. The Morgan fingerprint density at radius 2 is 2.24 bits per heavy atom. The van der Waals surface area contributed by atoms with Crippen molar-refractivity contribution in [2.75, 3.05) is 14.1 Å². The van der Waals surface area contributed by atoms with Crippen molar-refractivity contribution in [3.05, 3.63) is 40.5 Å². The summed E-state index contributed by atoms with van der Waals surface area (Å²) in [5.74, 6) is 0. The van der Waals surface area contributed by atoms with Crippen molar-refractivity contribution in [3.63, 3.8) is 0 Å². The lowest BCUT2D eigenvalue weighted by Gasteiger charge is -2.09. The number of hydrogen-bond acceptors (Lipinski definition) is 4. The Hall–Kier alpha value is -0.940. The SMILES string of the molecule is CN(C)NCc1ncc(-c2cccc(Cl)c2)s1. The van der Waals surface area contributed by atoms with Gasteiger partial charge in [0.1, 0.15) is 5.01 Å². The average Bonchev–Trinajstić information content (AvgIpc) is 2.75. The molecular weight excluding hydrogens is 254 g/mol. The number of benzene rings is 1. The topological polar surface area (TPSA) is 28.2 Å². The molecule has 0 aliphatic rings. The molecule has 0 spiro atoms. The highest BCUT2D eigenvalue weighted by Gasteiger charge is 2.04. The first kappa shape index (κ1) is 12.5. The first-order chi connectivity index (χ1) is 8.15. The van der Waals surface area contributed by atoms with Crippen LogP contribution >= 0.6 is 22.9 Å². The Balaban J connectivity index is 2.12. The van der Waals surface area contributed by atoms with Crippen molar-refractivity contribution in [1.82, 2.24) is 15.4 Å². The Bertz CT molecular complexity index is 496. The summed E-state index contributed by atoms with van der Waals surface area (Å²) >= 11 is 7.65. The molecular formula is C12H14ClN3S. The summed E-state index contributed by atoms with van der Waals surface area (Å²) in [4.78, 5) is 5.52. The average molecular weight is 268 g/mol. The van der Waals surface area contributed by atoms with Crippen LogP contribution in [0.5, 0.6) is 0 Å². The van der Waals surface area contributed by atoms with Gasteiger partial charge in [-0.25, -0.2) is 10.4 Å². The van der Waals surface area contributed by atoms with Crippen molar-refractivity contribution in [2.45, 2.75) is 6.54 Å². The molecule has 2 aromatic rings. The maximum Gasteiger partial charge on any atom is 0.108 e. The van der Waals surface area contributed by atoms with Gasteiger partial charge >= 0.3 is 0 Å². The van der Waals surface area contributed by atoms with Crippen molar-refractivity contribution in [1.29, 1.82) is 0 Å². The van der Waals surface area contributed by atoms with Crippen LogP contribution in [-0.4, -0.2) is 24.1 Å². The van der Waals surface area contributed by atoms with Gasteiger partial charge in [0, 0.05) is 25.3 Å². The fourth-order valence-corrected chi connectivity index (χ4v) is 2.43. The second-order valence-corrected chi connectivity index (χ2v) is 5.41.